The van der Waals surface area contributed by atoms with E-state index in [9.17, 15) is 14.4 Å². The van der Waals surface area contributed by atoms with E-state index in [4.69, 9.17) is 4.74 Å². The van der Waals surface area contributed by atoms with Crippen LogP contribution in [0.4, 0.5) is 4.79 Å². The number of fused-ring (bicyclic) bond motifs is 4. The summed E-state index contributed by atoms with van der Waals surface area (Å²) in [5.41, 5.74) is 1.33. The van der Waals surface area contributed by atoms with Gasteiger partial charge in [0.05, 0.1) is 0 Å². The van der Waals surface area contributed by atoms with Crippen LogP contribution in [-0.4, -0.2) is 46.2 Å². The number of carbonyl (C=O) groups is 2. The lowest BCUT2D eigenvalue weighted by Crippen LogP contribution is -2.55. The Kier molecular flexibility index (Phi) is 6.09. The molecule has 1 fully saturated rings. The topological polar surface area (TPSA) is 80.6 Å². The van der Waals surface area contributed by atoms with Gasteiger partial charge >= 0.3 is 6.09 Å². The smallest absolute Gasteiger partial charge is 0.408 e. The van der Waals surface area contributed by atoms with Crippen molar-refractivity contribution in [2.75, 3.05) is 13.1 Å². The molecule has 7 nitrogen and oxygen atoms in total. The van der Waals surface area contributed by atoms with Crippen molar-refractivity contribution in [1.29, 1.82) is 0 Å². The van der Waals surface area contributed by atoms with Crippen molar-refractivity contribution in [1.82, 2.24) is 14.8 Å². The molecule has 2 amide bonds. The molecule has 3 atom stereocenters. The van der Waals surface area contributed by atoms with Gasteiger partial charge in [-0.3, -0.25) is 9.59 Å². The number of nitrogens with zero attached hydrogens (tertiary/aromatic N) is 2. The third-order valence-corrected chi connectivity index (χ3v) is 6.06. The van der Waals surface area contributed by atoms with Gasteiger partial charge in [-0.25, -0.2) is 4.79 Å². The fourth-order valence-corrected chi connectivity index (χ4v) is 4.80. The summed E-state index contributed by atoms with van der Waals surface area (Å²) < 4.78 is 7.27. The van der Waals surface area contributed by atoms with Gasteiger partial charge in [-0.2, -0.15) is 0 Å². The molecule has 1 aromatic carbocycles. The predicted molar refractivity (Wildman–Crippen MR) is 121 cm³/mol. The molecule has 1 saturated heterocycles. The SMILES string of the molecule is CC(C)(C)OC(=O)N[C@@H](Cc1ccccc1)C(=O)N1C[C@@H]2C[C@@H](C1)c1cccc(=O)n1C2. The van der Waals surface area contributed by atoms with Crippen LogP contribution in [0.1, 0.15) is 44.4 Å². The Balaban J connectivity index is 1.54. The van der Waals surface area contributed by atoms with E-state index in [2.05, 4.69) is 5.32 Å². The minimum absolute atomic E-state index is 0.0190. The summed E-state index contributed by atoms with van der Waals surface area (Å²) >= 11 is 0. The zero-order chi connectivity index (χ0) is 22.9. The van der Waals surface area contributed by atoms with E-state index < -0.39 is 17.7 Å². The molecule has 32 heavy (non-hydrogen) atoms. The molecule has 2 aliphatic heterocycles. The van der Waals surface area contributed by atoms with Crippen molar-refractivity contribution in [2.45, 2.75) is 57.7 Å². The normalized spacial score (nSPS) is 20.8. The minimum atomic E-state index is -0.718. The first-order valence-electron chi connectivity index (χ1n) is 11.2. The van der Waals surface area contributed by atoms with E-state index >= 15 is 0 Å². The highest BCUT2D eigenvalue weighted by atomic mass is 16.6. The Hall–Kier alpha value is -3.09. The van der Waals surface area contributed by atoms with Gasteiger partial charge in [0.1, 0.15) is 11.6 Å². The summed E-state index contributed by atoms with van der Waals surface area (Å²) in [6.07, 6.45) is 0.762. The number of rotatable bonds is 4. The summed E-state index contributed by atoms with van der Waals surface area (Å²) in [7, 11) is 0. The van der Waals surface area contributed by atoms with Crippen LogP contribution < -0.4 is 10.9 Å². The van der Waals surface area contributed by atoms with Crippen LogP contribution in [0.25, 0.3) is 0 Å². The maximum atomic E-state index is 13.6. The molecule has 2 bridgehead atoms. The number of hydrogen-bond donors (Lipinski definition) is 1. The van der Waals surface area contributed by atoms with Crippen LogP contribution in [0.2, 0.25) is 0 Å². The first kappa shape index (κ1) is 22.1. The van der Waals surface area contributed by atoms with Crippen molar-refractivity contribution in [2.24, 2.45) is 5.92 Å². The van der Waals surface area contributed by atoms with Gasteiger partial charge in [0, 0.05) is 43.7 Å². The Labute approximate surface area is 188 Å². The fraction of sp³-hybridized carbons (Fsp3) is 0.480. The van der Waals surface area contributed by atoms with Gasteiger partial charge in [0.15, 0.2) is 0 Å². The maximum absolute atomic E-state index is 13.6. The Morgan fingerprint density at radius 1 is 1.06 bits per heavy atom. The van der Waals surface area contributed by atoms with E-state index in [1.807, 2.05) is 45.9 Å². The second-order valence-electron chi connectivity index (χ2n) is 9.83. The van der Waals surface area contributed by atoms with Crippen molar-refractivity contribution in [3.63, 3.8) is 0 Å². The predicted octanol–water partition coefficient (Wildman–Crippen LogP) is 2.93. The number of ether oxygens (including phenoxy) is 1. The van der Waals surface area contributed by atoms with Crippen molar-refractivity contribution >= 4 is 12.0 Å². The molecule has 1 aromatic heterocycles. The second kappa shape index (κ2) is 8.81. The summed E-state index contributed by atoms with van der Waals surface area (Å²) in [5, 5.41) is 2.81. The van der Waals surface area contributed by atoms with Crippen LogP contribution in [0.15, 0.2) is 53.3 Å². The number of likely N-dealkylation sites (tertiary alicyclic amines) is 1. The number of nitrogens with one attached hydrogen (secondary N) is 1. The number of aromatic nitrogens is 1. The van der Waals surface area contributed by atoms with Gasteiger partial charge in [-0.1, -0.05) is 36.4 Å². The van der Waals surface area contributed by atoms with E-state index in [1.54, 1.807) is 32.9 Å². The quantitative estimate of drug-likeness (QED) is 0.798. The molecule has 2 aromatic rings. The first-order chi connectivity index (χ1) is 15.2. The van der Waals surface area contributed by atoms with E-state index in [0.717, 1.165) is 17.7 Å². The highest BCUT2D eigenvalue weighted by Gasteiger charge is 2.38. The molecule has 7 heteroatoms. The number of amides is 2. The van der Waals surface area contributed by atoms with Gasteiger partial charge in [-0.05, 0) is 44.7 Å². The number of piperidine rings is 1. The largest absolute Gasteiger partial charge is 0.444 e. The zero-order valence-electron chi connectivity index (χ0n) is 18.9. The maximum Gasteiger partial charge on any atom is 0.408 e. The second-order valence-corrected chi connectivity index (χ2v) is 9.83. The molecule has 0 radical (unpaired) electrons. The van der Waals surface area contributed by atoms with E-state index in [-0.39, 0.29) is 23.3 Å². The molecule has 1 N–H and O–H groups in total. The molecule has 0 aliphatic carbocycles. The average molecular weight is 438 g/mol. The molecule has 170 valence electrons. The number of carbonyl (C=O) groups excluding carboxylic acids is 2. The lowest BCUT2D eigenvalue weighted by atomic mass is 9.83. The van der Waals surface area contributed by atoms with Crippen LogP contribution >= 0.6 is 0 Å². The van der Waals surface area contributed by atoms with Gasteiger partial charge in [0.2, 0.25) is 5.91 Å². The van der Waals surface area contributed by atoms with Crippen LogP contribution in [-0.2, 0) is 22.5 Å². The monoisotopic (exact) mass is 437 g/mol. The highest BCUT2D eigenvalue weighted by molar-refractivity contribution is 5.86. The van der Waals surface area contributed by atoms with Gasteiger partial charge in [0.25, 0.3) is 5.56 Å². The van der Waals surface area contributed by atoms with Crippen LogP contribution in [0, 0.1) is 5.92 Å². The molecule has 0 saturated carbocycles. The summed E-state index contributed by atoms with van der Waals surface area (Å²) in [4.78, 5) is 40.2. The number of pyridine rings is 1. The standard InChI is InChI=1S/C25H31N3O4/c1-25(2,3)32-24(31)26-20(13-17-8-5-4-6-9-17)23(30)27-14-18-12-19(16-27)21-10-7-11-22(29)28(21)15-18/h4-11,18-20H,12-16H2,1-3H3,(H,26,31)/t18-,19-,20-/m0/s1. The van der Waals surface area contributed by atoms with Gasteiger partial charge in [-0.15, -0.1) is 0 Å². The lowest BCUT2D eigenvalue weighted by molar-refractivity contribution is -0.136. The van der Waals surface area contributed by atoms with Crippen molar-refractivity contribution in [3.05, 3.63) is 70.1 Å². The Bertz CT molecular complexity index is 1040. The van der Waals surface area contributed by atoms with E-state index in [0.29, 0.717) is 26.1 Å². The minimum Gasteiger partial charge on any atom is -0.444 e. The molecule has 4 rings (SSSR count). The number of hydrogen-bond acceptors (Lipinski definition) is 4. The first-order valence-corrected chi connectivity index (χ1v) is 11.2. The lowest BCUT2D eigenvalue weighted by Gasteiger charge is -2.43. The van der Waals surface area contributed by atoms with Crippen molar-refractivity contribution < 1.29 is 14.3 Å². The van der Waals surface area contributed by atoms with Gasteiger partial charge < -0.3 is 19.5 Å². The third-order valence-electron chi connectivity index (χ3n) is 6.06. The fourth-order valence-electron chi connectivity index (χ4n) is 4.80. The average Bonchev–Trinajstić information content (AvgIpc) is 2.73. The molecular weight excluding hydrogens is 406 g/mol. The van der Waals surface area contributed by atoms with Crippen molar-refractivity contribution in [3.8, 4) is 0 Å². The molecule has 3 heterocycles. The molecule has 2 aliphatic rings. The highest BCUT2D eigenvalue weighted by Crippen LogP contribution is 2.35. The summed E-state index contributed by atoms with van der Waals surface area (Å²) in [5.74, 6) is 0.240. The summed E-state index contributed by atoms with van der Waals surface area (Å²) in [6.45, 7) is 7.14. The Morgan fingerprint density at radius 2 is 1.81 bits per heavy atom. The van der Waals surface area contributed by atoms with Crippen LogP contribution in [0.3, 0.4) is 0 Å². The molecule has 0 unspecified atom stereocenters. The van der Waals surface area contributed by atoms with E-state index in [1.165, 1.54) is 0 Å². The van der Waals surface area contributed by atoms with Crippen LogP contribution in [0.5, 0.6) is 0 Å². The number of benzene rings is 1. The summed E-state index contributed by atoms with van der Waals surface area (Å²) in [6, 6.07) is 14.3. The third kappa shape index (κ3) is 5.03. The number of alkyl carbamates (subject to hydrolysis) is 1. The Morgan fingerprint density at radius 3 is 2.53 bits per heavy atom. The molecule has 0 spiro atoms. The molecular formula is C25H31N3O4. The zero-order valence-corrected chi connectivity index (χ0v) is 18.9.